The molecule has 1 amide bonds. The minimum Gasteiger partial charge on any atom is -0.342 e. The maximum atomic E-state index is 12.5. The van der Waals surface area contributed by atoms with E-state index < -0.39 is 0 Å². The Morgan fingerprint density at radius 2 is 2.29 bits per heavy atom. The van der Waals surface area contributed by atoms with E-state index in [4.69, 9.17) is 4.98 Å². The van der Waals surface area contributed by atoms with Crippen LogP contribution in [0.1, 0.15) is 53.6 Å². The van der Waals surface area contributed by atoms with Crippen LogP contribution >= 0.6 is 11.3 Å². The summed E-state index contributed by atoms with van der Waals surface area (Å²) in [4.78, 5) is 20.6. The quantitative estimate of drug-likeness (QED) is 0.795. The number of aryl methyl sites for hydroxylation is 2. The number of nitrogens with zero attached hydrogens (tertiary/aromatic N) is 2. The van der Waals surface area contributed by atoms with Crippen LogP contribution in [0.2, 0.25) is 0 Å². The standard InChI is InChI=1S/C17H24N2OS/c1-12-13(2)21-17(18-12)15-8-5-9-19(11-15)16(20)10-14-6-3-4-7-14/h3,6,14-15H,4-5,7-11H2,1-2H3/t14-,15+/m1/s1. The largest absolute Gasteiger partial charge is 0.342 e. The van der Waals surface area contributed by atoms with E-state index in [-0.39, 0.29) is 0 Å². The van der Waals surface area contributed by atoms with Crippen molar-refractivity contribution in [1.29, 1.82) is 0 Å². The van der Waals surface area contributed by atoms with Crippen molar-refractivity contribution in [3.05, 3.63) is 27.7 Å². The van der Waals surface area contributed by atoms with Gasteiger partial charge in [0.1, 0.15) is 0 Å². The van der Waals surface area contributed by atoms with Crippen molar-refractivity contribution in [2.45, 2.75) is 51.9 Å². The van der Waals surface area contributed by atoms with E-state index in [0.717, 1.165) is 38.0 Å². The van der Waals surface area contributed by atoms with E-state index in [0.29, 0.717) is 24.2 Å². The summed E-state index contributed by atoms with van der Waals surface area (Å²) in [5.74, 6) is 1.25. The number of thiazole rings is 1. The summed E-state index contributed by atoms with van der Waals surface area (Å²) in [5.41, 5.74) is 1.15. The molecule has 2 heterocycles. The van der Waals surface area contributed by atoms with Gasteiger partial charge in [0.25, 0.3) is 0 Å². The second kappa shape index (κ2) is 6.30. The molecule has 0 aromatic carbocycles. The number of likely N-dealkylation sites (tertiary alicyclic amines) is 1. The number of hydrogen-bond acceptors (Lipinski definition) is 3. The Balaban J connectivity index is 1.62. The van der Waals surface area contributed by atoms with E-state index in [9.17, 15) is 4.79 Å². The van der Waals surface area contributed by atoms with Crippen LogP contribution in [0, 0.1) is 19.8 Å². The molecular weight excluding hydrogens is 280 g/mol. The molecule has 1 aromatic heterocycles. The predicted octanol–water partition coefficient (Wildman–Crippen LogP) is 3.82. The van der Waals surface area contributed by atoms with E-state index >= 15 is 0 Å². The second-order valence-electron chi connectivity index (χ2n) is 6.34. The minimum absolute atomic E-state index is 0.334. The average molecular weight is 304 g/mol. The maximum absolute atomic E-state index is 12.5. The smallest absolute Gasteiger partial charge is 0.223 e. The lowest BCUT2D eigenvalue weighted by molar-refractivity contribution is -0.133. The van der Waals surface area contributed by atoms with Crippen molar-refractivity contribution in [2.75, 3.05) is 13.1 Å². The molecular formula is C17H24N2OS. The molecule has 0 bridgehead atoms. The molecule has 0 spiro atoms. The molecule has 2 aliphatic rings. The Hall–Kier alpha value is -1.16. The lowest BCUT2D eigenvalue weighted by Gasteiger charge is -2.32. The highest BCUT2D eigenvalue weighted by atomic mass is 32.1. The van der Waals surface area contributed by atoms with Crippen molar-refractivity contribution >= 4 is 17.2 Å². The van der Waals surface area contributed by atoms with Gasteiger partial charge in [-0.2, -0.15) is 0 Å². The van der Waals surface area contributed by atoms with E-state index in [2.05, 4.69) is 30.9 Å². The molecule has 0 saturated carbocycles. The summed E-state index contributed by atoms with van der Waals surface area (Å²) in [7, 11) is 0. The highest BCUT2D eigenvalue weighted by Gasteiger charge is 2.28. The first-order valence-electron chi connectivity index (χ1n) is 8.02. The van der Waals surface area contributed by atoms with Gasteiger partial charge in [0.05, 0.1) is 10.7 Å². The van der Waals surface area contributed by atoms with Crippen molar-refractivity contribution in [3.63, 3.8) is 0 Å². The first kappa shape index (κ1) is 14.8. The fourth-order valence-electron chi connectivity index (χ4n) is 3.30. The molecule has 1 aliphatic heterocycles. The van der Waals surface area contributed by atoms with Gasteiger partial charge in [-0.05, 0) is 45.4 Å². The van der Waals surface area contributed by atoms with Gasteiger partial charge >= 0.3 is 0 Å². The van der Waals surface area contributed by atoms with Crippen LogP contribution in [0.4, 0.5) is 0 Å². The summed E-state index contributed by atoms with van der Waals surface area (Å²) in [6.07, 6.45) is 9.67. The topological polar surface area (TPSA) is 33.2 Å². The molecule has 21 heavy (non-hydrogen) atoms. The molecule has 1 aromatic rings. The lowest BCUT2D eigenvalue weighted by atomic mass is 9.97. The molecule has 1 aliphatic carbocycles. The van der Waals surface area contributed by atoms with Gasteiger partial charge in [0, 0.05) is 30.3 Å². The second-order valence-corrected chi connectivity index (χ2v) is 7.58. The number of aromatic nitrogens is 1. The minimum atomic E-state index is 0.334. The third-order valence-corrected chi connectivity index (χ3v) is 5.95. The number of carbonyl (C=O) groups is 1. The summed E-state index contributed by atoms with van der Waals surface area (Å²) in [6.45, 7) is 6.00. The van der Waals surface area contributed by atoms with Crippen molar-refractivity contribution in [1.82, 2.24) is 9.88 Å². The summed E-state index contributed by atoms with van der Waals surface area (Å²) < 4.78 is 0. The number of rotatable bonds is 3. The molecule has 1 saturated heterocycles. The molecule has 114 valence electrons. The normalized spacial score (nSPS) is 25.5. The van der Waals surface area contributed by atoms with Crippen molar-refractivity contribution in [3.8, 4) is 0 Å². The van der Waals surface area contributed by atoms with Crippen LogP contribution in [0.15, 0.2) is 12.2 Å². The molecule has 2 atom stereocenters. The number of piperidine rings is 1. The molecule has 0 unspecified atom stereocenters. The van der Waals surface area contributed by atoms with Crippen LogP contribution in [0.5, 0.6) is 0 Å². The Bertz CT molecular complexity index is 529. The number of amides is 1. The maximum Gasteiger partial charge on any atom is 0.223 e. The Kier molecular flexibility index (Phi) is 4.43. The highest BCUT2D eigenvalue weighted by Crippen LogP contribution is 2.32. The third-order valence-electron chi connectivity index (χ3n) is 4.72. The average Bonchev–Trinajstić information content (AvgIpc) is 3.10. The number of hydrogen-bond donors (Lipinski definition) is 0. The fourth-order valence-corrected chi connectivity index (χ4v) is 4.34. The van der Waals surface area contributed by atoms with Gasteiger partial charge in [0.2, 0.25) is 5.91 Å². The first-order valence-corrected chi connectivity index (χ1v) is 8.83. The van der Waals surface area contributed by atoms with Gasteiger partial charge in [-0.15, -0.1) is 11.3 Å². The van der Waals surface area contributed by atoms with Crippen LogP contribution in [0.25, 0.3) is 0 Å². The summed E-state index contributed by atoms with van der Waals surface area (Å²) in [6, 6.07) is 0. The van der Waals surface area contributed by atoms with Crippen molar-refractivity contribution in [2.24, 2.45) is 5.92 Å². The summed E-state index contributed by atoms with van der Waals surface area (Å²) in [5, 5.41) is 1.23. The third kappa shape index (κ3) is 3.37. The number of allylic oxidation sites excluding steroid dienone is 2. The van der Waals surface area contributed by atoms with Gasteiger partial charge in [-0.3, -0.25) is 4.79 Å². The van der Waals surface area contributed by atoms with Gasteiger partial charge in [-0.25, -0.2) is 4.98 Å². The Labute approximate surface area is 131 Å². The number of carbonyl (C=O) groups excluding carboxylic acids is 1. The Morgan fingerprint density at radius 1 is 1.43 bits per heavy atom. The molecule has 1 fully saturated rings. The molecule has 3 nitrogen and oxygen atoms in total. The highest BCUT2D eigenvalue weighted by molar-refractivity contribution is 7.11. The zero-order valence-electron chi connectivity index (χ0n) is 13.0. The Morgan fingerprint density at radius 3 is 2.95 bits per heavy atom. The monoisotopic (exact) mass is 304 g/mol. The van der Waals surface area contributed by atoms with Gasteiger partial charge in [-0.1, -0.05) is 12.2 Å². The van der Waals surface area contributed by atoms with Gasteiger partial charge in [0.15, 0.2) is 0 Å². The molecule has 0 radical (unpaired) electrons. The molecule has 3 rings (SSSR count). The van der Waals surface area contributed by atoms with Crippen molar-refractivity contribution < 1.29 is 4.79 Å². The van der Waals surface area contributed by atoms with E-state index in [1.165, 1.54) is 16.3 Å². The zero-order chi connectivity index (χ0) is 14.8. The first-order chi connectivity index (χ1) is 10.1. The molecule has 0 N–H and O–H groups in total. The van der Waals surface area contributed by atoms with Crippen LogP contribution in [-0.4, -0.2) is 28.9 Å². The predicted molar refractivity (Wildman–Crippen MR) is 86.6 cm³/mol. The van der Waals surface area contributed by atoms with Crippen LogP contribution in [0.3, 0.4) is 0 Å². The van der Waals surface area contributed by atoms with Crippen LogP contribution in [-0.2, 0) is 4.79 Å². The van der Waals surface area contributed by atoms with Crippen LogP contribution < -0.4 is 0 Å². The fraction of sp³-hybridized carbons (Fsp3) is 0.647. The van der Waals surface area contributed by atoms with E-state index in [1.807, 2.05) is 11.3 Å². The van der Waals surface area contributed by atoms with Gasteiger partial charge < -0.3 is 4.90 Å². The molecule has 4 heteroatoms. The van der Waals surface area contributed by atoms with E-state index in [1.54, 1.807) is 0 Å². The zero-order valence-corrected chi connectivity index (χ0v) is 13.8. The SMILES string of the molecule is Cc1nc([C@H]2CCCN(C(=O)C[C@@H]3C=CCC3)C2)sc1C. The lowest BCUT2D eigenvalue weighted by Crippen LogP contribution is -2.39. The summed E-state index contributed by atoms with van der Waals surface area (Å²) >= 11 is 1.81.